The SMILES string of the molecule is Cc1ccc(-c2nc(C3=C(O)CN(c4ccc(OC(C)C)cc4)C3=N)sc2C)cc1. The van der Waals surface area contributed by atoms with Crippen LogP contribution in [0.5, 0.6) is 5.75 Å². The minimum Gasteiger partial charge on any atom is -0.510 e. The maximum atomic E-state index is 10.7. The van der Waals surface area contributed by atoms with Gasteiger partial charge in [-0.25, -0.2) is 4.98 Å². The van der Waals surface area contributed by atoms with Crippen LogP contribution < -0.4 is 9.64 Å². The van der Waals surface area contributed by atoms with Crippen molar-refractivity contribution < 1.29 is 9.84 Å². The highest BCUT2D eigenvalue weighted by molar-refractivity contribution is 7.13. The Morgan fingerprint density at radius 2 is 1.73 bits per heavy atom. The molecule has 0 spiro atoms. The van der Waals surface area contributed by atoms with Gasteiger partial charge in [0.2, 0.25) is 0 Å². The topological polar surface area (TPSA) is 69.4 Å². The zero-order valence-electron chi connectivity index (χ0n) is 17.6. The summed E-state index contributed by atoms with van der Waals surface area (Å²) in [6.07, 6.45) is 0.106. The summed E-state index contributed by atoms with van der Waals surface area (Å²) in [5.74, 6) is 1.22. The van der Waals surface area contributed by atoms with Crippen molar-refractivity contribution in [1.82, 2.24) is 4.98 Å². The summed E-state index contributed by atoms with van der Waals surface area (Å²) < 4.78 is 5.70. The van der Waals surface area contributed by atoms with Gasteiger partial charge in [0.25, 0.3) is 0 Å². The van der Waals surface area contributed by atoms with Crippen LogP contribution >= 0.6 is 11.3 Å². The van der Waals surface area contributed by atoms with E-state index >= 15 is 0 Å². The fourth-order valence-electron chi connectivity index (χ4n) is 3.48. The van der Waals surface area contributed by atoms with E-state index in [1.165, 1.54) is 16.9 Å². The highest BCUT2D eigenvalue weighted by Gasteiger charge is 2.31. The van der Waals surface area contributed by atoms with E-state index < -0.39 is 0 Å². The van der Waals surface area contributed by atoms with Crippen LogP contribution in [-0.4, -0.2) is 28.6 Å². The average Bonchev–Trinajstić information content (AvgIpc) is 3.21. The van der Waals surface area contributed by atoms with Crippen molar-refractivity contribution in [3.05, 3.63) is 69.7 Å². The number of hydrogen-bond acceptors (Lipinski definition) is 5. The lowest BCUT2D eigenvalue weighted by Crippen LogP contribution is -2.25. The second-order valence-electron chi connectivity index (χ2n) is 7.71. The molecule has 1 aliphatic heterocycles. The first-order chi connectivity index (χ1) is 14.3. The van der Waals surface area contributed by atoms with E-state index in [2.05, 4.69) is 31.2 Å². The predicted octanol–water partition coefficient (Wildman–Crippen LogP) is 5.98. The fraction of sp³-hybridized carbons (Fsp3) is 0.250. The van der Waals surface area contributed by atoms with Gasteiger partial charge in [-0.05, 0) is 52.0 Å². The van der Waals surface area contributed by atoms with Gasteiger partial charge >= 0.3 is 0 Å². The number of thiazole rings is 1. The second kappa shape index (κ2) is 7.95. The molecule has 0 fully saturated rings. The van der Waals surface area contributed by atoms with Crippen molar-refractivity contribution in [2.24, 2.45) is 0 Å². The maximum Gasteiger partial charge on any atom is 0.139 e. The van der Waals surface area contributed by atoms with Crippen LogP contribution in [0.2, 0.25) is 0 Å². The number of rotatable bonds is 5. The monoisotopic (exact) mass is 419 g/mol. The number of amidine groups is 1. The quantitative estimate of drug-likeness (QED) is 0.534. The molecule has 0 atom stereocenters. The summed E-state index contributed by atoms with van der Waals surface area (Å²) >= 11 is 1.51. The van der Waals surface area contributed by atoms with Crippen LogP contribution in [0.3, 0.4) is 0 Å². The van der Waals surface area contributed by atoms with Gasteiger partial charge in [-0.2, -0.15) is 0 Å². The Morgan fingerprint density at radius 3 is 2.37 bits per heavy atom. The summed E-state index contributed by atoms with van der Waals surface area (Å²) in [5.41, 5.74) is 4.48. The molecule has 5 nitrogen and oxygen atoms in total. The normalized spacial score (nSPS) is 14.2. The Labute approximate surface area is 180 Å². The molecule has 0 aliphatic carbocycles. The molecule has 30 heavy (non-hydrogen) atoms. The first kappa shape index (κ1) is 20.2. The predicted molar refractivity (Wildman–Crippen MR) is 124 cm³/mol. The van der Waals surface area contributed by atoms with E-state index in [0.717, 1.165) is 27.6 Å². The van der Waals surface area contributed by atoms with Crippen LogP contribution in [0.1, 0.15) is 29.3 Å². The molecular weight excluding hydrogens is 394 g/mol. The Balaban J connectivity index is 1.60. The number of nitrogens with one attached hydrogen (secondary N) is 1. The van der Waals surface area contributed by atoms with E-state index in [4.69, 9.17) is 15.1 Å². The summed E-state index contributed by atoms with van der Waals surface area (Å²) in [5, 5.41) is 20.0. The van der Waals surface area contributed by atoms with Gasteiger partial charge in [-0.1, -0.05) is 29.8 Å². The molecule has 3 aromatic rings. The van der Waals surface area contributed by atoms with Crippen LogP contribution in [0.4, 0.5) is 5.69 Å². The van der Waals surface area contributed by atoms with E-state index in [1.54, 1.807) is 4.90 Å². The summed E-state index contributed by atoms with van der Waals surface area (Å²) in [6.45, 7) is 8.31. The van der Waals surface area contributed by atoms with Crippen LogP contribution in [0, 0.1) is 19.3 Å². The molecule has 2 heterocycles. The first-order valence-electron chi connectivity index (χ1n) is 9.93. The van der Waals surface area contributed by atoms with Gasteiger partial charge in [0.15, 0.2) is 0 Å². The lowest BCUT2D eigenvalue weighted by atomic mass is 10.1. The van der Waals surface area contributed by atoms with Crippen molar-refractivity contribution in [2.75, 3.05) is 11.4 Å². The molecule has 2 aromatic carbocycles. The lowest BCUT2D eigenvalue weighted by molar-refractivity contribution is 0.242. The maximum absolute atomic E-state index is 10.7. The lowest BCUT2D eigenvalue weighted by Gasteiger charge is -2.19. The number of nitrogens with zero attached hydrogens (tertiary/aromatic N) is 2. The van der Waals surface area contributed by atoms with Crippen LogP contribution in [0.15, 0.2) is 54.3 Å². The molecule has 4 rings (SSSR count). The number of aryl methyl sites for hydroxylation is 2. The molecular formula is C24H25N3O2S. The van der Waals surface area contributed by atoms with Gasteiger partial charge in [-0.15, -0.1) is 11.3 Å². The third kappa shape index (κ3) is 3.83. The van der Waals surface area contributed by atoms with E-state index in [9.17, 15) is 5.11 Å². The Hall–Kier alpha value is -3.12. The van der Waals surface area contributed by atoms with E-state index in [1.807, 2.05) is 45.0 Å². The molecule has 1 aromatic heterocycles. The standard InChI is InChI=1S/C24H25N3O2S/c1-14(2)29-19-11-9-18(10-12-19)27-13-20(28)21(23(27)25)24-26-22(16(4)30-24)17-7-5-15(3)6-8-17/h5-12,14,25,28H,13H2,1-4H3. The molecule has 0 unspecified atom stereocenters. The first-order valence-corrected chi connectivity index (χ1v) is 10.7. The number of hydrogen-bond donors (Lipinski definition) is 2. The number of anilines is 1. The third-order valence-electron chi connectivity index (χ3n) is 4.96. The molecule has 154 valence electrons. The molecule has 0 saturated heterocycles. The zero-order valence-corrected chi connectivity index (χ0v) is 18.4. The number of aliphatic hydroxyl groups excluding tert-OH is 1. The van der Waals surface area contributed by atoms with Crippen molar-refractivity contribution >= 4 is 28.4 Å². The van der Waals surface area contributed by atoms with Crippen molar-refractivity contribution in [2.45, 2.75) is 33.8 Å². The van der Waals surface area contributed by atoms with Crippen molar-refractivity contribution in [3.8, 4) is 17.0 Å². The highest BCUT2D eigenvalue weighted by Crippen LogP contribution is 2.37. The van der Waals surface area contributed by atoms with E-state index in [-0.39, 0.29) is 24.2 Å². The molecule has 0 amide bonds. The Bertz CT molecular complexity index is 1110. The number of benzene rings is 2. The summed E-state index contributed by atoms with van der Waals surface area (Å²) in [7, 11) is 0. The van der Waals surface area contributed by atoms with Gasteiger partial charge in [0, 0.05) is 16.1 Å². The van der Waals surface area contributed by atoms with Crippen LogP contribution in [-0.2, 0) is 0 Å². The largest absolute Gasteiger partial charge is 0.510 e. The fourth-order valence-corrected chi connectivity index (χ4v) is 4.49. The van der Waals surface area contributed by atoms with Gasteiger partial charge < -0.3 is 14.7 Å². The number of ether oxygens (including phenoxy) is 1. The summed E-state index contributed by atoms with van der Waals surface area (Å²) in [6, 6.07) is 15.8. The molecule has 0 radical (unpaired) electrons. The van der Waals surface area contributed by atoms with Gasteiger partial charge in [0.05, 0.1) is 23.9 Å². The molecule has 0 bridgehead atoms. The van der Waals surface area contributed by atoms with Gasteiger partial charge in [0.1, 0.15) is 22.4 Å². The smallest absolute Gasteiger partial charge is 0.139 e. The number of aliphatic hydroxyl groups is 1. The van der Waals surface area contributed by atoms with E-state index in [0.29, 0.717) is 10.6 Å². The van der Waals surface area contributed by atoms with Crippen LogP contribution in [0.25, 0.3) is 16.8 Å². The minimum absolute atomic E-state index is 0.106. The second-order valence-corrected chi connectivity index (χ2v) is 8.91. The molecule has 6 heteroatoms. The third-order valence-corrected chi connectivity index (χ3v) is 5.95. The van der Waals surface area contributed by atoms with Gasteiger partial charge in [-0.3, -0.25) is 5.41 Å². The minimum atomic E-state index is 0.106. The van der Waals surface area contributed by atoms with Crippen molar-refractivity contribution in [3.63, 3.8) is 0 Å². The average molecular weight is 420 g/mol. The molecule has 2 N–H and O–H groups in total. The number of aromatic nitrogens is 1. The highest BCUT2D eigenvalue weighted by atomic mass is 32.1. The van der Waals surface area contributed by atoms with Crippen molar-refractivity contribution in [1.29, 1.82) is 5.41 Å². The Morgan fingerprint density at radius 1 is 1.07 bits per heavy atom. The Kier molecular flexibility index (Phi) is 5.35. The molecule has 0 saturated carbocycles. The zero-order chi connectivity index (χ0) is 21.4. The summed E-state index contributed by atoms with van der Waals surface area (Å²) in [4.78, 5) is 7.63. The molecule has 1 aliphatic rings.